The zero-order chi connectivity index (χ0) is 9.38. The van der Waals surface area contributed by atoms with Crippen molar-refractivity contribution in [1.29, 1.82) is 0 Å². The number of nitrogens with zero attached hydrogens (tertiary/aromatic N) is 3. The molecule has 0 atom stereocenters. The molecule has 72 valence electrons. The van der Waals surface area contributed by atoms with Crippen LogP contribution in [0.5, 0.6) is 0 Å². The normalized spacial score (nSPS) is 16.0. The Morgan fingerprint density at radius 1 is 1.43 bits per heavy atom. The van der Waals surface area contributed by atoms with E-state index in [1.165, 1.54) is 12.8 Å². The summed E-state index contributed by atoms with van der Waals surface area (Å²) in [4.78, 5) is 4.31. The predicted octanol–water partition coefficient (Wildman–Crippen LogP) is 1.55. The van der Waals surface area contributed by atoms with Gasteiger partial charge in [0.25, 0.3) is 0 Å². The van der Waals surface area contributed by atoms with E-state index in [0.29, 0.717) is 0 Å². The van der Waals surface area contributed by atoms with Crippen LogP contribution in [-0.4, -0.2) is 21.1 Å². The van der Waals surface area contributed by atoms with Gasteiger partial charge in [-0.2, -0.15) is 5.10 Å². The van der Waals surface area contributed by atoms with Gasteiger partial charge in [0.1, 0.15) is 5.52 Å². The van der Waals surface area contributed by atoms with Gasteiger partial charge >= 0.3 is 0 Å². The van der Waals surface area contributed by atoms with Crippen LogP contribution in [0.1, 0.15) is 12.8 Å². The molecule has 4 heteroatoms. The second-order valence-electron chi connectivity index (χ2n) is 3.76. The fourth-order valence-electron chi connectivity index (χ4n) is 1.56. The van der Waals surface area contributed by atoms with Crippen molar-refractivity contribution >= 4 is 11.3 Å². The van der Waals surface area contributed by atoms with Crippen molar-refractivity contribution in [3.8, 4) is 0 Å². The topological polar surface area (TPSA) is 42.2 Å². The minimum atomic E-state index is 0.861. The molecule has 1 N–H and O–H groups in total. The number of anilines is 1. The summed E-state index contributed by atoms with van der Waals surface area (Å²) in [5, 5.41) is 7.52. The van der Waals surface area contributed by atoms with Gasteiger partial charge in [-0.3, -0.25) is 0 Å². The first-order valence-corrected chi connectivity index (χ1v) is 4.96. The molecule has 1 fully saturated rings. The Morgan fingerprint density at radius 3 is 3.21 bits per heavy atom. The minimum absolute atomic E-state index is 0.861. The van der Waals surface area contributed by atoms with E-state index in [2.05, 4.69) is 15.4 Å². The predicted molar refractivity (Wildman–Crippen MR) is 54.2 cm³/mol. The molecule has 0 saturated heterocycles. The third-order valence-electron chi connectivity index (χ3n) is 2.58. The van der Waals surface area contributed by atoms with Gasteiger partial charge in [0.05, 0.1) is 6.20 Å². The molecule has 14 heavy (non-hydrogen) atoms. The maximum Gasteiger partial charge on any atom is 0.152 e. The standard InChI is InChI=1S/C10H12N4/c1-2-8(1)7-12-10-9-3-4-13-14(9)6-5-11-10/h3-6,8H,1-2,7H2,(H,11,12). The Balaban J connectivity index is 1.89. The molecular formula is C10H12N4. The van der Waals surface area contributed by atoms with Crippen LogP contribution in [0.2, 0.25) is 0 Å². The zero-order valence-electron chi connectivity index (χ0n) is 7.85. The lowest BCUT2D eigenvalue weighted by Crippen LogP contribution is -2.06. The Hall–Kier alpha value is -1.58. The zero-order valence-corrected chi connectivity index (χ0v) is 7.85. The van der Waals surface area contributed by atoms with Gasteiger partial charge in [-0.05, 0) is 24.8 Å². The third kappa shape index (κ3) is 1.32. The minimum Gasteiger partial charge on any atom is -0.368 e. The third-order valence-corrected chi connectivity index (χ3v) is 2.58. The van der Waals surface area contributed by atoms with Crippen LogP contribution in [0.3, 0.4) is 0 Å². The van der Waals surface area contributed by atoms with Crippen LogP contribution < -0.4 is 5.32 Å². The van der Waals surface area contributed by atoms with Crippen LogP contribution >= 0.6 is 0 Å². The van der Waals surface area contributed by atoms with Gasteiger partial charge in [0.2, 0.25) is 0 Å². The van der Waals surface area contributed by atoms with Crippen LogP contribution in [0.4, 0.5) is 5.82 Å². The summed E-state index contributed by atoms with van der Waals surface area (Å²) in [5.41, 5.74) is 1.05. The molecule has 1 aliphatic carbocycles. The van der Waals surface area contributed by atoms with Crippen molar-refractivity contribution in [2.24, 2.45) is 5.92 Å². The molecule has 2 aromatic heterocycles. The highest BCUT2D eigenvalue weighted by Gasteiger charge is 2.21. The molecule has 0 bridgehead atoms. The van der Waals surface area contributed by atoms with E-state index in [0.717, 1.165) is 23.8 Å². The molecule has 0 unspecified atom stereocenters. The number of nitrogens with one attached hydrogen (secondary N) is 1. The maximum absolute atomic E-state index is 4.31. The van der Waals surface area contributed by atoms with E-state index in [9.17, 15) is 0 Å². The monoisotopic (exact) mass is 188 g/mol. The molecule has 0 aromatic carbocycles. The van der Waals surface area contributed by atoms with Crippen LogP contribution in [0, 0.1) is 5.92 Å². The fourth-order valence-corrected chi connectivity index (χ4v) is 1.56. The van der Waals surface area contributed by atoms with Crippen molar-refractivity contribution in [2.45, 2.75) is 12.8 Å². The molecular weight excluding hydrogens is 176 g/mol. The molecule has 0 radical (unpaired) electrons. The largest absolute Gasteiger partial charge is 0.368 e. The first-order chi connectivity index (χ1) is 6.93. The van der Waals surface area contributed by atoms with E-state index in [4.69, 9.17) is 0 Å². The first kappa shape index (κ1) is 7.79. The fraction of sp³-hybridized carbons (Fsp3) is 0.400. The second-order valence-corrected chi connectivity index (χ2v) is 3.76. The number of aromatic nitrogens is 3. The number of hydrogen-bond donors (Lipinski definition) is 1. The van der Waals surface area contributed by atoms with E-state index in [1.807, 2.05) is 16.8 Å². The average molecular weight is 188 g/mol. The summed E-state index contributed by atoms with van der Waals surface area (Å²) < 4.78 is 1.84. The Morgan fingerprint density at radius 2 is 2.36 bits per heavy atom. The summed E-state index contributed by atoms with van der Waals surface area (Å²) in [6.07, 6.45) is 8.14. The van der Waals surface area contributed by atoms with Crippen molar-refractivity contribution in [3.05, 3.63) is 24.7 Å². The highest BCUT2D eigenvalue weighted by atomic mass is 15.2. The van der Waals surface area contributed by atoms with Gasteiger partial charge < -0.3 is 5.32 Å². The molecule has 1 saturated carbocycles. The number of hydrogen-bond acceptors (Lipinski definition) is 3. The van der Waals surface area contributed by atoms with Crippen LogP contribution in [0.25, 0.3) is 5.52 Å². The summed E-state index contributed by atoms with van der Waals surface area (Å²) in [7, 11) is 0. The summed E-state index contributed by atoms with van der Waals surface area (Å²) >= 11 is 0. The molecule has 2 heterocycles. The average Bonchev–Trinajstić information content (AvgIpc) is 2.91. The summed E-state index contributed by atoms with van der Waals surface area (Å²) in [6.45, 7) is 1.04. The second kappa shape index (κ2) is 2.97. The molecule has 0 spiro atoms. The molecule has 2 aromatic rings. The highest BCUT2D eigenvalue weighted by Crippen LogP contribution is 2.29. The molecule has 4 nitrogen and oxygen atoms in total. The molecule has 1 aliphatic rings. The first-order valence-electron chi connectivity index (χ1n) is 4.96. The van der Waals surface area contributed by atoms with Crippen molar-refractivity contribution in [2.75, 3.05) is 11.9 Å². The lowest BCUT2D eigenvalue weighted by Gasteiger charge is -2.05. The van der Waals surface area contributed by atoms with E-state index in [-0.39, 0.29) is 0 Å². The van der Waals surface area contributed by atoms with Crippen molar-refractivity contribution in [1.82, 2.24) is 14.6 Å². The van der Waals surface area contributed by atoms with Crippen LogP contribution in [-0.2, 0) is 0 Å². The van der Waals surface area contributed by atoms with E-state index < -0.39 is 0 Å². The van der Waals surface area contributed by atoms with Crippen molar-refractivity contribution < 1.29 is 0 Å². The van der Waals surface area contributed by atoms with Gasteiger partial charge in [-0.15, -0.1) is 0 Å². The Bertz CT molecular complexity index is 444. The summed E-state index contributed by atoms with van der Waals surface area (Å²) in [5.74, 6) is 1.80. The highest BCUT2D eigenvalue weighted by molar-refractivity contribution is 5.66. The van der Waals surface area contributed by atoms with Gasteiger partial charge in [0, 0.05) is 18.9 Å². The number of rotatable bonds is 3. The molecule has 0 aliphatic heterocycles. The van der Waals surface area contributed by atoms with Crippen LogP contribution in [0.15, 0.2) is 24.7 Å². The van der Waals surface area contributed by atoms with Crippen molar-refractivity contribution in [3.63, 3.8) is 0 Å². The lowest BCUT2D eigenvalue weighted by molar-refractivity contribution is 0.877. The lowest BCUT2D eigenvalue weighted by atomic mass is 10.4. The smallest absolute Gasteiger partial charge is 0.152 e. The van der Waals surface area contributed by atoms with E-state index >= 15 is 0 Å². The number of fused-ring (bicyclic) bond motifs is 1. The van der Waals surface area contributed by atoms with Gasteiger partial charge in [0.15, 0.2) is 5.82 Å². The maximum atomic E-state index is 4.31. The van der Waals surface area contributed by atoms with E-state index in [1.54, 1.807) is 12.4 Å². The Kier molecular flexibility index (Phi) is 1.65. The summed E-state index contributed by atoms with van der Waals surface area (Å²) in [6, 6.07) is 1.97. The van der Waals surface area contributed by atoms with Gasteiger partial charge in [-0.25, -0.2) is 9.50 Å². The SMILES string of the molecule is c1cn2nccc2c(NCC2CC2)n1. The molecule has 0 amide bonds. The molecule has 3 rings (SSSR count). The quantitative estimate of drug-likeness (QED) is 0.794. The Labute approximate surface area is 82.0 Å². The van der Waals surface area contributed by atoms with Gasteiger partial charge in [-0.1, -0.05) is 0 Å².